The van der Waals surface area contributed by atoms with Gasteiger partial charge in [-0.1, -0.05) is 35.2 Å². The normalized spacial score (nSPS) is 23.4. The molecule has 43 heavy (non-hydrogen) atoms. The summed E-state index contributed by atoms with van der Waals surface area (Å²) < 4.78 is 17.7. The summed E-state index contributed by atoms with van der Waals surface area (Å²) in [5.74, 6) is 0.417. The van der Waals surface area contributed by atoms with Crippen LogP contribution in [0.5, 0.6) is 0 Å². The van der Waals surface area contributed by atoms with Crippen molar-refractivity contribution in [1.82, 2.24) is 14.9 Å². The molecule has 3 aliphatic rings. The largest absolute Gasteiger partial charge is 0.444 e. The molecule has 0 bridgehead atoms. The number of rotatable bonds is 8. The lowest BCUT2D eigenvalue weighted by Gasteiger charge is -2.40. The molecular formula is C31H42ClN5O6. The van der Waals surface area contributed by atoms with Crippen molar-refractivity contribution in [3.63, 3.8) is 0 Å². The quantitative estimate of drug-likeness (QED) is 0.0807. The van der Waals surface area contributed by atoms with Crippen LogP contribution >= 0.6 is 11.6 Å². The third-order valence-corrected chi connectivity index (χ3v) is 8.21. The molecule has 1 N–H and O–H groups in total. The number of aromatic nitrogens is 2. The van der Waals surface area contributed by atoms with Gasteiger partial charge in [-0.25, -0.2) is 14.8 Å². The standard InChI is InChI=1S/C31H42ClN5O6/c1-6-8-12-22(26(35-40)23-13-9-10-14-31(23)41-17-18-42-31)27(38)28-33-24(32)19-25(34-28)37-16-11-15-36(20-21(37)7-2)29(39)43-30(3,4)5/h2,6,19,21-23,40H,1,8-18,20H2,3-5H3/b35-26+/t21-,22?,23+/m0/s1. The van der Waals surface area contributed by atoms with Crippen LogP contribution in [-0.4, -0.2) is 87.9 Å². The SMILES string of the molecule is C#C[C@H]1CN(C(=O)OC(C)(C)C)CCCN1c1cc(Cl)nc(C(=O)C(CCC=C)/C(=N\O)[C@H]2CCCCC23OCCO3)n1. The summed E-state index contributed by atoms with van der Waals surface area (Å²) >= 11 is 6.46. The van der Waals surface area contributed by atoms with E-state index in [1.165, 1.54) is 0 Å². The van der Waals surface area contributed by atoms with Crippen molar-refractivity contribution < 1.29 is 29.0 Å². The number of ketones is 1. The molecule has 11 nitrogen and oxygen atoms in total. The van der Waals surface area contributed by atoms with Gasteiger partial charge in [0, 0.05) is 25.6 Å². The molecule has 1 aliphatic carbocycles. The molecule has 2 saturated heterocycles. The number of allylic oxidation sites excluding steroid dienone is 1. The Bertz CT molecular complexity index is 1250. The molecule has 0 aromatic carbocycles. The number of nitrogens with zero attached hydrogens (tertiary/aromatic N) is 5. The average molecular weight is 616 g/mol. The van der Waals surface area contributed by atoms with E-state index in [9.17, 15) is 14.8 Å². The smallest absolute Gasteiger partial charge is 0.410 e. The Labute approximate surface area is 258 Å². The van der Waals surface area contributed by atoms with Crippen LogP contribution in [0.25, 0.3) is 0 Å². The molecular weight excluding hydrogens is 574 g/mol. The number of halogens is 1. The number of Topliss-reactive ketones (excluding diaryl/α,β-unsaturated/α-hetero) is 1. The van der Waals surface area contributed by atoms with Crippen LogP contribution in [0.3, 0.4) is 0 Å². The summed E-state index contributed by atoms with van der Waals surface area (Å²) in [6.45, 7) is 11.3. The minimum Gasteiger partial charge on any atom is -0.444 e. The lowest BCUT2D eigenvalue weighted by Crippen LogP contribution is -2.49. The second-order valence-electron chi connectivity index (χ2n) is 12.1. The molecule has 2 aliphatic heterocycles. The molecule has 3 fully saturated rings. The molecule has 12 heteroatoms. The third kappa shape index (κ3) is 7.66. The highest BCUT2D eigenvalue weighted by Gasteiger charge is 2.51. The number of carbonyl (C=O) groups excluding carboxylic acids is 2. The van der Waals surface area contributed by atoms with Crippen LogP contribution in [0, 0.1) is 24.2 Å². The molecule has 0 radical (unpaired) electrons. The molecule has 1 amide bonds. The van der Waals surface area contributed by atoms with Gasteiger partial charge in [0.25, 0.3) is 0 Å². The van der Waals surface area contributed by atoms with Crippen LogP contribution in [0.15, 0.2) is 23.9 Å². The second-order valence-corrected chi connectivity index (χ2v) is 12.5. The van der Waals surface area contributed by atoms with E-state index in [4.69, 9.17) is 32.2 Å². The van der Waals surface area contributed by atoms with E-state index >= 15 is 0 Å². The van der Waals surface area contributed by atoms with Crippen molar-refractivity contribution in [2.24, 2.45) is 17.0 Å². The highest BCUT2D eigenvalue weighted by Crippen LogP contribution is 2.43. The Morgan fingerprint density at radius 2 is 2.05 bits per heavy atom. The highest BCUT2D eigenvalue weighted by atomic mass is 35.5. The second kappa shape index (κ2) is 14.1. The number of amides is 1. The Balaban J connectivity index is 1.63. The van der Waals surface area contributed by atoms with E-state index in [0.29, 0.717) is 69.9 Å². The zero-order chi connectivity index (χ0) is 31.2. The fourth-order valence-corrected chi connectivity index (χ4v) is 6.28. The van der Waals surface area contributed by atoms with E-state index < -0.39 is 41.1 Å². The van der Waals surface area contributed by atoms with Crippen molar-refractivity contribution in [3.8, 4) is 12.3 Å². The Morgan fingerprint density at radius 1 is 1.30 bits per heavy atom. The summed E-state index contributed by atoms with van der Waals surface area (Å²) in [5.41, 5.74) is -0.348. The first-order chi connectivity index (χ1) is 20.5. The number of hydrogen-bond acceptors (Lipinski definition) is 10. The fourth-order valence-electron chi connectivity index (χ4n) is 6.10. The van der Waals surface area contributed by atoms with Gasteiger partial charge in [0.1, 0.15) is 22.6 Å². The molecule has 234 valence electrons. The molecule has 1 unspecified atom stereocenters. The van der Waals surface area contributed by atoms with Crippen molar-refractivity contribution in [1.29, 1.82) is 0 Å². The topological polar surface area (TPSA) is 127 Å². The zero-order valence-corrected chi connectivity index (χ0v) is 26.0. The van der Waals surface area contributed by atoms with Crippen molar-refractivity contribution >= 4 is 35.0 Å². The van der Waals surface area contributed by atoms with Gasteiger partial charge in [-0.05, 0) is 52.9 Å². The van der Waals surface area contributed by atoms with Crippen LogP contribution in [0.1, 0.15) is 76.3 Å². The Morgan fingerprint density at radius 3 is 2.70 bits per heavy atom. The summed E-state index contributed by atoms with van der Waals surface area (Å²) in [4.78, 5) is 39.3. The Kier molecular flexibility index (Phi) is 10.7. The molecule has 3 atom stereocenters. The molecule has 3 heterocycles. The first kappa shape index (κ1) is 32.7. The van der Waals surface area contributed by atoms with Gasteiger partial charge in [-0.15, -0.1) is 13.0 Å². The van der Waals surface area contributed by atoms with Crippen molar-refractivity contribution in [3.05, 3.63) is 29.7 Å². The predicted octanol–water partition coefficient (Wildman–Crippen LogP) is 5.11. The maximum Gasteiger partial charge on any atom is 0.410 e. The molecule has 1 saturated carbocycles. The van der Waals surface area contributed by atoms with E-state index in [0.717, 1.165) is 12.8 Å². The maximum atomic E-state index is 14.2. The van der Waals surface area contributed by atoms with E-state index in [2.05, 4.69) is 27.6 Å². The predicted molar refractivity (Wildman–Crippen MR) is 162 cm³/mol. The van der Waals surface area contributed by atoms with Crippen LogP contribution in [-0.2, 0) is 14.2 Å². The van der Waals surface area contributed by atoms with Crippen molar-refractivity contribution in [2.75, 3.05) is 37.7 Å². The van der Waals surface area contributed by atoms with Crippen molar-refractivity contribution in [2.45, 2.75) is 83.1 Å². The third-order valence-electron chi connectivity index (χ3n) is 8.02. The summed E-state index contributed by atoms with van der Waals surface area (Å²) in [7, 11) is 0. The minimum absolute atomic E-state index is 0.0684. The zero-order valence-electron chi connectivity index (χ0n) is 25.3. The Hall–Kier alpha value is -3.20. The molecule has 1 aromatic rings. The minimum atomic E-state index is -0.918. The number of oxime groups is 1. The van der Waals surface area contributed by atoms with Gasteiger partial charge in [0.05, 0.1) is 37.3 Å². The van der Waals surface area contributed by atoms with E-state index in [1.807, 2.05) is 25.7 Å². The lowest BCUT2D eigenvalue weighted by atomic mass is 9.74. The summed E-state index contributed by atoms with van der Waals surface area (Å²) in [6.07, 6.45) is 11.7. The monoisotopic (exact) mass is 615 g/mol. The van der Waals surface area contributed by atoms with E-state index in [1.54, 1.807) is 17.0 Å². The number of carbonyl (C=O) groups is 2. The first-order valence-corrected chi connectivity index (χ1v) is 15.3. The van der Waals surface area contributed by atoms with Gasteiger partial charge >= 0.3 is 6.09 Å². The maximum absolute atomic E-state index is 14.2. The van der Waals surface area contributed by atoms with Crippen LogP contribution in [0.2, 0.25) is 5.15 Å². The van der Waals surface area contributed by atoms with Crippen LogP contribution < -0.4 is 4.90 Å². The van der Waals surface area contributed by atoms with E-state index in [-0.39, 0.29) is 17.5 Å². The van der Waals surface area contributed by atoms with Gasteiger partial charge in [-0.2, -0.15) is 0 Å². The number of hydrogen-bond donors (Lipinski definition) is 1. The first-order valence-electron chi connectivity index (χ1n) is 14.9. The average Bonchev–Trinajstić information content (AvgIpc) is 3.31. The highest BCUT2D eigenvalue weighted by molar-refractivity contribution is 6.29. The molecule has 4 rings (SSSR count). The van der Waals surface area contributed by atoms with Gasteiger partial charge in [0.15, 0.2) is 11.6 Å². The summed E-state index contributed by atoms with van der Waals surface area (Å²) in [5, 5.41) is 14.0. The summed E-state index contributed by atoms with van der Waals surface area (Å²) in [6, 6.07) is 1.01. The molecule has 1 aromatic heterocycles. The lowest BCUT2D eigenvalue weighted by molar-refractivity contribution is -0.196. The van der Waals surface area contributed by atoms with Gasteiger partial charge in [-0.3, -0.25) is 4.79 Å². The number of ether oxygens (including phenoxy) is 3. The molecule has 1 spiro atoms. The van der Waals surface area contributed by atoms with Gasteiger partial charge in [0.2, 0.25) is 5.78 Å². The fraction of sp³-hybridized carbons (Fsp3) is 0.645. The number of terminal acetylenes is 1. The van der Waals surface area contributed by atoms with Gasteiger partial charge < -0.3 is 29.2 Å². The van der Waals surface area contributed by atoms with Crippen LogP contribution in [0.4, 0.5) is 10.6 Å². The number of anilines is 1.